The molecule has 0 radical (unpaired) electrons. The lowest BCUT2D eigenvalue weighted by molar-refractivity contribution is -0.163. The van der Waals surface area contributed by atoms with Crippen LogP contribution in [0.15, 0.2) is 29.4 Å². The van der Waals surface area contributed by atoms with E-state index < -0.39 is 17.7 Å². The summed E-state index contributed by atoms with van der Waals surface area (Å²) in [5, 5.41) is 4.79. The Hall–Kier alpha value is -1.85. The number of halogens is 3. The zero-order valence-corrected chi connectivity index (χ0v) is 10.2. The highest BCUT2D eigenvalue weighted by molar-refractivity contribution is 6.47. The average molecular weight is 258 g/mol. The minimum absolute atomic E-state index is 0.150. The quantitative estimate of drug-likeness (QED) is 0.616. The number of alkyl halides is 3. The normalized spacial score (nSPS) is 12.4. The van der Waals surface area contributed by atoms with Crippen molar-refractivity contribution < 1.29 is 18.0 Å². The van der Waals surface area contributed by atoms with Crippen molar-refractivity contribution in [3.05, 3.63) is 35.4 Å². The summed E-state index contributed by atoms with van der Waals surface area (Å²) in [6.45, 7) is 1.80. The fraction of sp³-hybridized carbons (Fsp3) is 0.333. The Bertz CT molecular complexity index is 461. The summed E-state index contributed by atoms with van der Waals surface area (Å²) >= 11 is 0. The van der Waals surface area contributed by atoms with E-state index >= 15 is 0 Å². The van der Waals surface area contributed by atoms with Crippen molar-refractivity contribution in [1.29, 1.82) is 0 Å². The van der Waals surface area contributed by atoms with Gasteiger partial charge >= 0.3 is 6.18 Å². The second-order valence-corrected chi connectivity index (χ2v) is 3.99. The molecule has 0 aliphatic heterocycles. The van der Waals surface area contributed by atoms with Crippen LogP contribution in [0, 0.1) is 6.92 Å². The van der Waals surface area contributed by atoms with E-state index in [-0.39, 0.29) is 5.56 Å². The van der Waals surface area contributed by atoms with Gasteiger partial charge in [0.1, 0.15) is 5.71 Å². The van der Waals surface area contributed by atoms with Crippen LogP contribution in [0.2, 0.25) is 0 Å². The number of carbonyl (C=O) groups excluding carboxylic acids is 1. The predicted molar refractivity (Wildman–Crippen MR) is 62.5 cm³/mol. The molecule has 98 valence electrons. The number of hydrazone groups is 1. The number of hydrogen-bond donors (Lipinski definition) is 0. The van der Waals surface area contributed by atoms with Crippen molar-refractivity contribution in [3.63, 3.8) is 0 Å². The first-order valence-electron chi connectivity index (χ1n) is 5.16. The molecule has 0 N–H and O–H groups in total. The first-order chi connectivity index (χ1) is 8.21. The highest BCUT2D eigenvalue weighted by atomic mass is 19.4. The molecule has 0 aromatic heterocycles. The molecule has 0 atom stereocenters. The molecule has 18 heavy (non-hydrogen) atoms. The van der Waals surface area contributed by atoms with Gasteiger partial charge in [-0.25, -0.2) is 0 Å². The number of carbonyl (C=O) groups is 1. The van der Waals surface area contributed by atoms with Gasteiger partial charge < -0.3 is 5.01 Å². The maximum atomic E-state index is 12.5. The van der Waals surface area contributed by atoms with Crippen molar-refractivity contribution >= 4 is 11.5 Å². The van der Waals surface area contributed by atoms with Crippen LogP contribution >= 0.6 is 0 Å². The maximum absolute atomic E-state index is 12.5. The van der Waals surface area contributed by atoms with Crippen LogP contribution in [0.1, 0.15) is 11.1 Å². The molecule has 0 unspecified atom stereocenters. The maximum Gasteiger partial charge on any atom is 0.456 e. The van der Waals surface area contributed by atoms with Gasteiger partial charge in [0.2, 0.25) is 0 Å². The van der Waals surface area contributed by atoms with Gasteiger partial charge in [0.15, 0.2) is 0 Å². The molecular weight excluding hydrogens is 245 g/mol. The molecule has 1 aromatic rings. The fourth-order valence-electron chi connectivity index (χ4n) is 1.28. The molecule has 1 aromatic carbocycles. The number of Topliss-reactive ketones (excluding diaryl/α,β-unsaturated/α-hetero) is 1. The van der Waals surface area contributed by atoms with Crippen LogP contribution in [0.25, 0.3) is 0 Å². The Morgan fingerprint density at radius 3 is 2.06 bits per heavy atom. The third kappa shape index (κ3) is 3.58. The van der Waals surface area contributed by atoms with Crippen molar-refractivity contribution in [3.8, 4) is 0 Å². The second-order valence-electron chi connectivity index (χ2n) is 3.99. The fourth-order valence-corrected chi connectivity index (χ4v) is 1.28. The van der Waals surface area contributed by atoms with Gasteiger partial charge in [-0.3, -0.25) is 4.79 Å². The lowest BCUT2D eigenvalue weighted by Gasteiger charge is -2.12. The minimum atomic E-state index is -4.93. The number of ketones is 1. The lowest BCUT2D eigenvalue weighted by Crippen LogP contribution is -2.32. The number of aryl methyl sites for hydroxylation is 1. The Morgan fingerprint density at radius 1 is 1.17 bits per heavy atom. The Morgan fingerprint density at radius 2 is 1.67 bits per heavy atom. The van der Waals surface area contributed by atoms with Gasteiger partial charge in [-0.15, -0.1) is 0 Å². The highest BCUT2D eigenvalue weighted by Gasteiger charge is 2.42. The van der Waals surface area contributed by atoms with Crippen LogP contribution in [0.5, 0.6) is 0 Å². The molecule has 1 rings (SSSR count). The van der Waals surface area contributed by atoms with E-state index in [0.29, 0.717) is 0 Å². The Labute approximate surface area is 103 Å². The smallest absolute Gasteiger partial charge is 0.302 e. The molecule has 0 spiro atoms. The zero-order valence-electron chi connectivity index (χ0n) is 10.2. The lowest BCUT2D eigenvalue weighted by atomic mass is 10.0. The van der Waals surface area contributed by atoms with Crippen LogP contribution < -0.4 is 0 Å². The van der Waals surface area contributed by atoms with Crippen molar-refractivity contribution in [1.82, 2.24) is 5.01 Å². The van der Waals surface area contributed by atoms with Gasteiger partial charge in [-0.2, -0.15) is 18.3 Å². The summed E-state index contributed by atoms with van der Waals surface area (Å²) in [4.78, 5) is 11.3. The van der Waals surface area contributed by atoms with Crippen molar-refractivity contribution in [2.24, 2.45) is 5.10 Å². The van der Waals surface area contributed by atoms with Gasteiger partial charge in [0.25, 0.3) is 5.78 Å². The molecular formula is C12H13F3N2O. The van der Waals surface area contributed by atoms with E-state index in [2.05, 4.69) is 5.10 Å². The summed E-state index contributed by atoms with van der Waals surface area (Å²) in [5.74, 6) is -1.94. The van der Waals surface area contributed by atoms with Crippen LogP contribution in [-0.4, -0.2) is 36.8 Å². The molecule has 0 aliphatic rings. The topological polar surface area (TPSA) is 32.7 Å². The van der Waals surface area contributed by atoms with Gasteiger partial charge in [0.05, 0.1) is 0 Å². The molecule has 0 saturated carbocycles. The van der Waals surface area contributed by atoms with Crippen molar-refractivity contribution in [2.45, 2.75) is 13.1 Å². The number of hydrogen-bond acceptors (Lipinski definition) is 3. The molecule has 3 nitrogen and oxygen atoms in total. The van der Waals surface area contributed by atoms with Gasteiger partial charge in [0, 0.05) is 19.7 Å². The summed E-state index contributed by atoms with van der Waals surface area (Å²) in [5.41, 5.74) is 0.437. The molecule has 0 fully saturated rings. The monoisotopic (exact) mass is 258 g/mol. The first kappa shape index (κ1) is 14.2. The van der Waals surface area contributed by atoms with Gasteiger partial charge in [-0.1, -0.05) is 29.8 Å². The summed E-state index contributed by atoms with van der Waals surface area (Å²) in [6.07, 6.45) is -4.93. The van der Waals surface area contributed by atoms with E-state index in [4.69, 9.17) is 0 Å². The molecule has 0 bridgehead atoms. The third-order valence-corrected chi connectivity index (χ3v) is 2.10. The third-order valence-electron chi connectivity index (χ3n) is 2.10. The molecule has 6 heteroatoms. The first-order valence-corrected chi connectivity index (χ1v) is 5.16. The molecule has 0 amide bonds. The standard InChI is InChI=1S/C12H13F3N2O/c1-8-4-6-9(7-5-8)10(16-17(2)3)11(18)12(13,14)15/h4-7H,1-3H3/b16-10+. The van der Waals surface area contributed by atoms with Gasteiger partial charge in [-0.05, 0) is 6.92 Å². The van der Waals surface area contributed by atoms with Crippen LogP contribution in [0.3, 0.4) is 0 Å². The highest BCUT2D eigenvalue weighted by Crippen LogP contribution is 2.20. The number of nitrogens with zero attached hydrogens (tertiary/aromatic N) is 2. The van der Waals surface area contributed by atoms with E-state index in [1.54, 1.807) is 19.1 Å². The molecule has 0 aliphatic carbocycles. The van der Waals surface area contributed by atoms with E-state index in [9.17, 15) is 18.0 Å². The zero-order chi connectivity index (χ0) is 13.9. The SMILES string of the molecule is Cc1ccc(/C(=N\N(C)C)C(=O)C(F)(F)F)cc1. The van der Waals surface area contributed by atoms with E-state index in [0.717, 1.165) is 5.56 Å². The molecule has 0 saturated heterocycles. The Balaban J connectivity index is 3.23. The second kappa shape index (κ2) is 5.20. The van der Waals surface area contributed by atoms with E-state index in [1.807, 2.05) is 0 Å². The number of benzene rings is 1. The Kier molecular flexibility index (Phi) is 4.11. The largest absolute Gasteiger partial charge is 0.456 e. The summed E-state index contributed by atoms with van der Waals surface area (Å²) < 4.78 is 37.4. The number of rotatable bonds is 3. The minimum Gasteiger partial charge on any atom is -0.302 e. The predicted octanol–water partition coefficient (Wildman–Crippen LogP) is 2.39. The van der Waals surface area contributed by atoms with Crippen LogP contribution in [-0.2, 0) is 4.79 Å². The van der Waals surface area contributed by atoms with E-state index in [1.165, 1.54) is 31.2 Å². The average Bonchev–Trinajstić information content (AvgIpc) is 2.25. The summed E-state index contributed by atoms with van der Waals surface area (Å²) in [7, 11) is 2.91. The molecule has 0 heterocycles. The van der Waals surface area contributed by atoms with Crippen molar-refractivity contribution in [2.75, 3.05) is 14.1 Å². The van der Waals surface area contributed by atoms with Crippen LogP contribution in [0.4, 0.5) is 13.2 Å². The summed E-state index contributed by atoms with van der Waals surface area (Å²) in [6, 6.07) is 6.15.